The first-order valence-electron chi connectivity index (χ1n) is 8.86. The lowest BCUT2D eigenvalue weighted by atomic mass is 10.1. The molecule has 132 valence electrons. The zero-order chi connectivity index (χ0) is 16.9. The van der Waals surface area contributed by atoms with Gasteiger partial charge in [0, 0.05) is 51.1 Å². The van der Waals surface area contributed by atoms with Crippen molar-refractivity contribution < 1.29 is 14.1 Å². The molecule has 0 aromatic carbocycles. The van der Waals surface area contributed by atoms with Crippen LogP contribution in [0.25, 0.3) is 0 Å². The summed E-state index contributed by atoms with van der Waals surface area (Å²) in [6.07, 6.45) is 4.91. The van der Waals surface area contributed by atoms with Crippen LogP contribution in [0.2, 0.25) is 0 Å². The Morgan fingerprint density at radius 3 is 2.58 bits per heavy atom. The molecule has 1 aromatic rings. The third-order valence-corrected chi connectivity index (χ3v) is 4.94. The van der Waals surface area contributed by atoms with Gasteiger partial charge in [-0.2, -0.15) is 0 Å². The van der Waals surface area contributed by atoms with Crippen LogP contribution in [0, 0.1) is 12.8 Å². The number of carbonyl (C=O) groups is 2. The fourth-order valence-corrected chi connectivity index (χ4v) is 3.51. The van der Waals surface area contributed by atoms with E-state index in [9.17, 15) is 9.59 Å². The number of piperazine rings is 1. The van der Waals surface area contributed by atoms with Gasteiger partial charge in [0.15, 0.2) is 5.82 Å². The lowest BCUT2D eigenvalue weighted by molar-refractivity contribution is -0.137. The Morgan fingerprint density at radius 2 is 1.96 bits per heavy atom. The highest BCUT2D eigenvalue weighted by atomic mass is 16.5. The monoisotopic (exact) mass is 334 g/mol. The van der Waals surface area contributed by atoms with Crippen molar-refractivity contribution in [3.8, 4) is 0 Å². The number of nitrogens with one attached hydrogen (secondary N) is 1. The Kier molecular flexibility index (Phi) is 5.50. The van der Waals surface area contributed by atoms with Crippen LogP contribution < -0.4 is 5.32 Å². The van der Waals surface area contributed by atoms with E-state index in [1.807, 2.05) is 4.90 Å². The van der Waals surface area contributed by atoms with Gasteiger partial charge in [0.05, 0.1) is 0 Å². The topological polar surface area (TPSA) is 78.7 Å². The van der Waals surface area contributed by atoms with Crippen LogP contribution in [0.4, 0.5) is 5.82 Å². The second-order valence-electron chi connectivity index (χ2n) is 6.77. The molecule has 2 heterocycles. The normalized spacial score (nSPS) is 19.6. The minimum Gasteiger partial charge on any atom is -0.360 e. The molecule has 0 spiro atoms. The van der Waals surface area contributed by atoms with Crippen molar-refractivity contribution in [1.29, 1.82) is 0 Å². The van der Waals surface area contributed by atoms with Gasteiger partial charge in [0.25, 0.3) is 0 Å². The zero-order valence-corrected chi connectivity index (χ0v) is 14.3. The summed E-state index contributed by atoms with van der Waals surface area (Å²) >= 11 is 0. The fourth-order valence-electron chi connectivity index (χ4n) is 3.51. The van der Waals surface area contributed by atoms with Crippen molar-refractivity contribution >= 4 is 17.6 Å². The van der Waals surface area contributed by atoms with E-state index in [1.165, 1.54) is 12.8 Å². The van der Waals surface area contributed by atoms with Crippen molar-refractivity contribution in [2.75, 3.05) is 38.0 Å². The Bertz CT molecular complexity index is 572. The summed E-state index contributed by atoms with van der Waals surface area (Å²) < 4.78 is 4.92. The van der Waals surface area contributed by atoms with Crippen LogP contribution in [0.5, 0.6) is 0 Å². The molecular formula is C17H26N4O3. The number of carbonyl (C=O) groups excluding carboxylic acids is 2. The molecule has 2 amide bonds. The molecule has 1 aliphatic heterocycles. The molecule has 2 aliphatic rings. The van der Waals surface area contributed by atoms with Crippen LogP contribution in [-0.2, 0) is 9.59 Å². The van der Waals surface area contributed by atoms with E-state index in [4.69, 9.17) is 4.52 Å². The Hall–Kier alpha value is -1.89. The lowest BCUT2D eigenvalue weighted by Crippen LogP contribution is -2.50. The van der Waals surface area contributed by atoms with Gasteiger partial charge in [0.2, 0.25) is 11.8 Å². The maximum atomic E-state index is 12.4. The van der Waals surface area contributed by atoms with Crippen molar-refractivity contribution in [2.45, 2.75) is 39.0 Å². The third-order valence-electron chi connectivity index (χ3n) is 4.94. The van der Waals surface area contributed by atoms with Crippen molar-refractivity contribution in [1.82, 2.24) is 15.0 Å². The number of rotatable bonds is 5. The van der Waals surface area contributed by atoms with Crippen LogP contribution in [0.1, 0.15) is 37.9 Å². The molecule has 0 radical (unpaired) electrons. The molecule has 1 aromatic heterocycles. The number of hydrogen-bond acceptors (Lipinski definition) is 5. The number of aromatic nitrogens is 1. The largest absolute Gasteiger partial charge is 0.360 e. The quantitative estimate of drug-likeness (QED) is 0.886. The highest BCUT2D eigenvalue weighted by Crippen LogP contribution is 2.26. The molecule has 0 atom stereocenters. The molecule has 0 unspecified atom stereocenters. The molecule has 3 rings (SSSR count). The van der Waals surface area contributed by atoms with Gasteiger partial charge < -0.3 is 14.7 Å². The molecule has 1 saturated carbocycles. The van der Waals surface area contributed by atoms with Crippen LogP contribution in [0.3, 0.4) is 0 Å². The van der Waals surface area contributed by atoms with Crippen molar-refractivity contribution in [3.05, 3.63) is 11.8 Å². The van der Waals surface area contributed by atoms with Gasteiger partial charge in [-0.3, -0.25) is 14.5 Å². The Morgan fingerprint density at radius 1 is 1.25 bits per heavy atom. The smallest absolute Gasteiger partial charge is 0.226 e. The highest BCUT2D eigenvalue weighted by Gasteiger charge is 2.29. The highest BCUT2D eigenvalue weighted by molar-refractivity contribution is 5.89. The summed E-state index contributed by atoms with van der Waals surface area (Å²) in [5, 5.41) is 6.48. The predicted octanol–water partition coefficient (Wildman–Crippen LogP) is 1.65. The first-order chi connectivity index (χ1) is 11.6. The van der Waals surface area contributed by atoms with E-state index >= 15 is 0 Å². The van der Waals surface area contributed by atoms with E-state index < -0.39 is 0 Å². The first kappa shape index (κ1) is 17.0. The van der Waals surface area contributed by atoms with E-state index in [1.54, 1.807) is 13.0 Å². The third kappa shape index (κ3) is 4.35. The molecule has 2 fully saturated rings. The van der Waals surface area contributed by atoms with Crippen LogP contribution in [0.15, 0.2) is 10.6 Å². The standard InChI is InChI=1S/C17H26N4O3/c1-13-12-15(19-24-13)18-16(22)6-7-20-8-10-21(11-9-20)17(23)14-4-2-3-5-14/h12,14H,2-11H2,1H3,(H,18,19,22). The summed E-state index contributed by atoms with van der Waals surface area (Å²) in [7, 11) is 0. The summed E-state index contributed by atoms with van der Waals surface area (Å²) in [4.78, 5) is 28.6. The van der Waals surface area contributed by atoms with Gasteiger partial charge in [0.1, 0.15) is 5.76 Å². The fraction of sp³-hybridized carbons (Fsp3) is 0.706. The molecule has 7 nitrogen and oxygen atoms in total. The zero-order valence-electron chi connectivity index (χ0n) is 14.3. The van der Waals surface area contributed by atoms with Gasteiger partial charge >= 0.3 is 0 Å². The van der Waals surface area contributed by atoms with Gasteiger partial charge in [-0.1, -0.05) is 18.0 Å². The van der Waals surface area contributed by atoms with Gasteiger partial charge in [-0.15, -0.1) is 0 Å². The van der Waals surface area contributed by atoms with Gasteiger partial charge in [-0.25, -0.2) is 0 Å². The number of anilines is 1. The number of nitrogens with zero attached hydrogens (tertiary/aromatic N) is 3. The second-order valence-corrected chi connectivity index (χ2v) is 6.77. The molecule has 0 bridgehead atoms. The summed E-state index contributed by atoms with van der Waals surface area (Å²) in [5.74, 6) is 1.67. The Labute approximate surface area is 142 Å². The SMILES string of the molecule is Cc1cc(NC(=O)CCN2CCN(C(=O)C3CCCC3)CC2)no1. The van der Waals surface area contributed by atoms with Crippen LogP contribution in [-0.4, -0.2) is 59.5 Å². The minimum absolute atomic E-state index is 0.0623. The lowest BCUT2D eigenvalue weighted by Gasteiger charge is -2.35. The van der Waals surface area contributed by atoms with E-state index in [2.05, 4.69) is 15.4 Å². The number of hydrogen-bond donors (Lipinski definition) is 1. The molecule has 24 heavy (non-hydrogen) atoms. The molecule has 1 saturated heterocycles. The average Bonchev–Trinajstić information content (AvgIpc) is 3.25. The minimum atomic E-state index is -0.0623. The molecule has 1 N–H and O–H groups in total. The molecular weight excluding hydrogens is 308 g/mol. The van der Waals surface area contributed by atoms with Gasteiger partial charge in [-0.05, 0) is 19.8 Å². The summed E-state index contributed by atoms with van der Waals surface area (Å²) in [5.41, 5.74) is 0. The van der Waals surface area contributed by atoms with E-state index in [0.717, 1.165) is 39.0 Å². The van der Waals surface area contributed by atoms with E-state index in [-0.39, 0.29) is 11.8 Å². The van der Waals surface area contributed by atoms with Crippen molar-refractivity contribution in [2.24, 2.45) is 5.92 Å². The Balaban J connectivity index is 1.36. The maximum Gasteiger partial charge on any atom is 0.226 e. The summed E-state index contributed by atoms with van der Waals surface area (Å²) in [6, 6.07) is 1.70. The number of amides is 2. The second kappa shape index (κ2) is 7.79. The average molecular weight is 334 g/mol. The molecule has 1 aliphatic carbocycles. The van der Waals surface area contributed by atoms with Crippen LogP contribution >= 0.6 is 0 Å². The van der Waals surface area contributed by atoms with Crippen molar-refractivity contribution in [3.63, 3.8) is 0 Å². The first-order valence-corrected chi connectivity index (χ1v) is 8.86. The predicted molar refractivity (Wildman–Crippen MR) is 89.5 cm³/mol. The molecule has 7 heteroatoms. The number of aryl methyl sites for hydroxylation is 1. The maximum absolute atomic E-state index is 12.4. The summed E-state index contributed by atoms with van der Waals surface area (Å²) in [6.45, 7) is 5.73. The van der Waals surface area contributed by atoms with E-state index in [0.29, 0.717) is 30.5 Å².